The fraction of sp³-hybridized carbons (Fsp3) is 0.519. The van der Waals surface area contributed by atoms with Gasteiger partial charge in [0.15, 0.2) is 11.5 Å². The van der Waals surface area contributed by atoms with Gasteiger partial charge in [-0.3, -0.25) is 14.3 Å². The zero-order valence-electron chi connectivity index (χ0n) is 21.0. The first-order valence-electron chi connectivity index (χ1n) is 13.0. The van der Waals surface area contributed by atoms with Gasteiger partial charge in [-0.25, -0.2) is 0 Å². The monoisotopic (exact) mass is 490 g/mol. The number of aryl methyl sites for hydroxylation is 2. The van der Waals surface area contributed by atoms with Gasteiger partial charge >= 0.3 is 0 Å². The lowest BCUT2D eigenvalue weighted by Crippen LogP contribution is -2.47. The van der Waals surface area contributed by atoms with Crippen LogP contribution in [0.3, 0.4) is 0 Å². The van der Waals surface area contributed by atoms with Gasteiger partial charge in [-0.15, -0.1) is 0 Å². The summed E-state index contributed by atoms with van der Waals surface area (Å²) in [7, 11) is 1.84. The Morgan fingerprint density at radius 3 is 2.72 bits per heavy atom. The van der Waals surface area contributed by atoms with Crippen LogP contribution in [0, 0.1) is 12.8 Å². The van der Waals surface area contributed by atoms with Gasteiger partial charge in [0.2, 0.25) is 11.8 Å². The highest BCUT2D eigenvalue weighted by molar-refractivity contribution is 5.93. The molecular weight excluding hydrogens is 456 g/mol. The lowest BCUT2D eigenvalue weighted by atomic mass is 10.00. The number of carbonyl (C=O) groups excluding carboxylic acids is 2. The number of hydrogen-bond acceptors (Lipinski definition) is 6. The first-order chi connectivity index (χ1) is 17.5. The van der Waals surface area contributed by atoms with Gasteiger partial charge < -0.3 is 14.7 Å². The van der Waals surface area contributed by atoms with Crippen molar-refractivity contribution in [1.29, 1.82) is 0 Å². The Labute approximate surface area is 211 Å². The fourth-order valence-corrected chi connectivity index (χ4v) is 5.46. The SMILES string of the molecule is Cc1cc(C(=O)N2CCCCCCNC(=O)C3CC(c4nc(Cc5ccccc5)no4)CC32)nn1C. The second-order valence-electron chi connectivity index (χ2n) is 10.1. The van der Waals surface area contributed by atoms with Crippen molar-refractivity contribution >= 4 is 11.8 Å². The van der Waals surface area contributed by atoms with Crippen LogP contribution in [-0.2, 0) is 18.3 Å². The molecule has 1 aliphatic heterocycles. The number of benzene rings is 1. The molecular formula is C27H34N6O3. The first-order valence-corrected chi connectivity index (χ1v) is 13.0. The Morgan fingerprint density at radius 2 is 1.94 bits per heavy atom. The number of nitrogens with one attached hydrogen (secondary N) is 1. The van der Waals surface area contributed by atoms with Crippen LogP contribution in [-0.4, -0.2) is 55.8 Å². The number of aromatic nitrogens is 4. The van der Waals surface area contributed by atoms with E-state index < -0.39 is 0 Å². The van der Waals surface area contributed by atoms with Crippen LogP contribution in [0.1, 0.15) is 77.9 Å². The minimum absolute atomic E-state index is 0.00317. The largest absolute Gasteiger partial charge is 0.356 e. The van der Waals surface area contributed by atoms with E-state index in [1.807, 2.05) is 55.3 Å². The van der Waals surface area contributed by atoms with E-state index in [1.165, 1.54) is 0 Å². The van der Waals surface area contributed by atoms with E-state index in [0.717, 1.165) is 36.9 Å². The van der Waals surface area contributed by atoms with E-state index in [1.54, 1.807) is 4.68 Å². The van der Waals surface area contributed by atoms with Crippen molar-refractivity contribution in [1.82, 2.24) is 30.1 Å². The normalized spacial score (nSPS) is 23.1. The summed E-state index contributed by atoms with van der Waals surface area (Å²) in [5.74, 6) is 0.666. The molecule has 5 rings (SSSR count). The van der Waals surface area contributed by atoms with Crippen LogP contribution < -0.4 is 5.32 Å². The predicted octanol–water partition coefficient (Wildman–Crippen LogP) is 3.40. The zero-order chi connectivity index (χ0) is 25.1. The highest BCUT2D eigenvalue weighted by Crippen LogP contribution is 2.41. The average molecular weight is 491 g/mol. The van der Waals surface area contributed by atoms with Crippen LogP contribution in [0.25, 0.3) is 0 Å². The third-order valence-electron chi connectivity index (χ3n) is 7.52. The molecule has 3 unspecified atom stereocenters. The van der Waals surface area contributed by atoms with Gasteiger partial charge in [-0.2, -0.15) is 10.1 Å². The molecule has 9 nitrogen and oxygen atoms in total. The minimum Gasteiger partial charge on any atom is -0.356 e. The molecule has 2 aliphatic rings. The highest BCUT2D eigenvalue weighted by atomic mass is 16.5. The highest BCUT2D eigenvalue weighted by Gasteiger charge is 2.46. The van der Waals surface area contributed by atoms with E-state index in [9.17, 15) is 9.59 Å². The van der Waals surface area contributed by atoms with Crippen LogP contribution in [0.2, 0.25) is 0 Å². The number of rotatable bonds is 4. The number of fused-ring (bicyclic) bond motifs is 1. The predicted molar refractivity (Wildman–Crippen MR) is 133 cm³/mol. The van der Waals surface area contributed by atoms with E-state index in [-0.39, 0.29) is 29.7 Å². The lowest BCUT2D eigenvalue weighted by molar-refractivity contribution is -0.126. The second-order valence-corrected chi connectivity index (χ2v) is 10.1. The standard InChI is InChI=1S/C27H34N6O3/c1-18-14-22(30-32(18)2)27(35)33-13-9-4-3-8-12-28-25(34)21-16-20(17-23(21)33)26-29-24(31-36-26)15-19-10-6-5-7-11-19/h5-7,10-11,14,20-21,23H,3-4,8-9,12-13,15-17H2,1-2H3,(H,28,34). The molecule has 1 saturated carbocycles. The molecule has 3 aromatic rings. The number of hydrogen-bond donors (Lipinski definition) is 1. The summed E-state index contributed by atoms with van der Waals surface area (Å²) in [6.07, 6.45) is 5.70. The molecule has 2 aromatic heterocycles. The molecule has 1 aromatic carbocycles. The molecule has 3 heterocycles. The fourth-order valence-electron chi connectivity index (χ4n) is 5.46. The summed E-state index contributed by atoms with van der Waals surface area (Å²) in [5.41, 5.74) is 2.46. The molecule has 0 radical (unpaired) electrons. The second kappa shape index (κ2) is 10.6. The average Bonchev–Trinajstić information content (AvgIpc) is 3.59. The molecule has 190 valence electrons. The summed E-state index contributed by atoms with van der Waals surface area (Å²) < 4.78 is 7.40. The van der Waals surface area contributed by atoms with Gasteiger partial charge in [-0.1, -0.05) is 48.3 Å². The molecule has 1 N–H and O–H groups in total. The molecule has 2 fully saturated rings. The van der Waals surface area contributed by atoms with Crippen LogP contribution in [0.5, 0.6) is 0 Å². The van der Waals surface area contributed by atoms with E-state index in [2.05, 4.69) is 20.6 Å². The van der Waals surface area contributed by atoms with Gasteiger partial charge in [0.1, 0.15) is 0 Å². The molecule has 3 atom stereocenters. The maximum Gasteiger partial charge on any atom is 0.274 e. The van der Waals surface area contributed by atoms with Crippen LogP contribution >= 0.6 is 0 Å². The van der Waals surface area contributed by atoms with E-state index in [0.29, 0.717) is 49.8 Å². The summed E-state index contributed by atoms with van der Waals surface area (Å²) in [5, 5.41) is 11.8. The van der Waals surface area contributed by atoms with Gasteiger partial charge in [0, 0.05) is 44.2 Å². The van der Waals surface area contributed by atoms with Crippen molar-refractivity contribution < 1.29 is 14.1 Å². The van der Waals surface area contributed by atoms with Crippen molar-refractivity contribution in [2.75, 3.05) is 13.1 Å². The summed E-state index contributed by atoms with van der Waals surface area (Å²) in [6.45, 7) is 3.21. The topological polar surface area (TPSA) is 106 Å². The van der Waals surface area contributed by atoms with Gasteiger partial charge in [-0.05, 0) is 44.2 Å². The maximum atomic E-state index is 13.7. The molecule has 2 amide bonds. The minimum atomic E-state index is -0.327. The summed E-state index contributed by atoms with van der Waals surface area (Å²) >= 11 is 0. The van der Waals surface area contributed by atoms with Crippen molar-refractivity contribution in [3.8, 4) is 0 Å². The Hall–Kier alpha value is -3.49. The Bertz CT molecular complexity index is 1180. The van der Waals surface area contributed by atoms with Crippen molar-refractivity contribution in [3.63, 3.8) is 0 Å². The first kappa shape index (κ1) is 24.2. The van der Waals surface area contributed by atoms with Crippen molar-refractivity contribution in [3.05, 3.63) is 65.1 Å². The Morgan fingerprint density at radius 1 is 1.14 bits per heavy atom. The van der Waals surface area contributed by atoms with Crippen molar-refractivity contribution in [2.45, 2.75) is 63.8 Å². The van der Waals surface area contributed by atoms with Gasteiger partial charge in [0.25, 0.3) is 5.91 Å². The van der Waals surface area contributed by atoms with E-state index in [4.69, 9.17) is 4.52 Å². The van der Waals surface area contributed by atoms with Crippen molar-refractivity contribution in [2.24, 2.45) is 13.0 Å². The number of amides is 2. The molecule has 1 saturated heterocycles. The smallest absolute Gasteiger partial charge is 0.274 e. The molecule has 9 heteroatoms. The number of carbonyl (C=O) groups is 2. The third-order valence-corrected chi connectivity index (χ3v) is 7.52. The van der Waals surface area contributed by atoms with E-state index >= 15 is 0 Å². The molecule has 0 spiro atoms. The third kappa shape index (κ3) is 5.20. The quantitative estimate of drug-likeness (QED) is 0.601. The Balaban J connectivity index is 1.40. The zero-order valence-corrected chi connectivity index (χ0v) is 21.0. The summed E-state index contributed by atoms with van der Waals surface area (Å²) in [4.78, 5) is 33.5. The molecule has 1 aliphatic carbocycles. The number of nitrogens with zero attached hydrogens (tertiary/aromatic N) is 5. The molecule has 36 heavy (non-hydrogen) atoms. The molecule has 0 bridgehead atoms. The van der Waals surface area contributed by atoms with Gasteiger partial charge in [0.05, 0.1) is 5.92 Å². The van der Waals surface area contributed by atoms with Crippen LogP contribution in [0.15, 0.2) is 40.9 Å². The summed E-state index contributed by atoms with van der Waals surface area (Å²) in [6, 6.07) is 11.6. The maximum absolute atomic E-state index is 13.7. The lowest BCUT2D eigenvalue weighted by Gasteiger charge is -2.32. The Kier molecular flexibility index (Phi) is 7.16. The van der Waals surface area contributed by atoms with Crippen LogP contribution in [0.4, 0.5) is 0 Å².